The van der Waals surface area contributed by atoms with Crippen LogP contribution in [0, 0.1) is 18.6 Å². The van der Waals surface area contributed by atoms with Gasteiger partial charge in [-0.3, -0.25) is 14.2 Å². The average molecular weight is 418 g/mol. The molecule has 10 heteroatoms. The molecule has 0 spiro atoms. The highest BCUT2D eigenvalue weighted by Gasteiger charge is 2.17. The number of thiazole rings is 1. The van der Waals surface area contributed by atoms with Crippen molar-refractivity contribution < 1.29 is 8.78 Å². The van der Waals surface area contributed by atoms with Crippen molar-refractivity contribution in [3.05, 3.63) is 79.4 Å². The van der Waals surface area contributed by atoms with Gasteiger partial charge in [0, 0.05) is 18.0 Å². The average Bonchev–Trinajstić information content (AvgIpc) is 3.12. The molecule has 0 aliphatic heterocycles. The van der Waals surface area contributed by atoms with Gasteiger partial charge in [-0.15, -0.1) is 11.3 Å². The van der Waals surface area contributed by atoms with E-state index in [4.69, 9.17) is 0 Å². The van der Waals surface area contributed by atoms with Gasteiger partial charge in [-0.1, -0.05) is 17.8 Å². The SMILES string of the molecule is Cc1cc(F)ccc1CSc1nc2ncsc2c(=O)n1-c1c[nH]c(=O)c(F)c1. The lowest BCUT2D eigenvalue weighted by molar-refractivity contribution is 0.605. The Balaban J connectivity index is 1.83. The Morgan fingerprint density at radius 3 is 2.82 bits per heavy atom. The van der Waals surface area contributed by atoms with E-state index in [1.165, 1.54) is 40.2 Å². The Bertz CT molecular complexity index is 1310. The molecule has 1 N–H and O–H groups in total. The quantitative estimate of drug-likeness (QED) is 0.406. The molecule has 4 rings (SSSR count). The molecule has 0 atom stereocenters. The summed E-state index contributed by atoms with van der Waals surface area (Å²) in [5, 5.41) is 0.290. The molecule has 0 fully saturated rings. The summed E-state index contributed by atoms with van der Waals surface area (Å²) in [6, 6.07) is 5.45. The third-order valence-electron chi connectivity index (χ3n) is 4.10. The van der Waals surface area contributed by atoms with Gasteiger partial charge in [0.1, 0.15) is 10.5 Å². The van der Waals surface area contributed by atoms with Crippen LogP contribution in [0.5, 0.6) is 0 Å². The van der Waals surface area contributed by atoms with Crippen molar-refractivity contribution in [3.63, 3.8) is 0 Å². The van der Waals surface area contributed by atoms with Gasteiger partial charge in [-0.05, 0) is 30.2 Å². The van der Waals surface area contributed by atoms with E-state index >= 15 is 0 Å². The molecule has 6 nitrogen and oxygen atoms in total. The minimum absolute atomic E-state index is 0.156. The minimum atomic E-state index is -1.00. The predicted octanol–water partition coefficient (Wildman–Crippen LogP) is 3.41. The second kappa shape index (κ2) is 7.28. The van der Waals surface area contributed by atoms with Crippen LogP contribution in [0.4, 0.5) is 8.78 Å². The molecule has 0 saturated carbocycles. The highest BCUT2D eigenvalue weighted by atomic mass is 32.2. The fourth-order valence-electron chi connectivity index (χ4n) is 2.66. The number of H-pyrrole nitrogens is 1. The number of nitrogens with one attached hydrogen (secondary N) is 1. The van der Waals surface area contributed by atoms with Crippen LogP contribution < -0.4 is 11.1 Å². The van der Waals surface area contributed by atoms with Crippen molar-refractivity contribution in [2.24, 2.45) is 0 Å². The summed E-state index contributed by atoms with van der Waals surface area (Å²) in [5.74, 6) is -0.909. The monoisotopic (exact) mass is 418 g/mol. The number of aryl methyl sites for hydroxylation is 1. The molecular weight excluding hydrogens is 406 g/mol. The summed E-state index contributed by atoms with van der Waals surface area (Å²) in [6.45, 7) is 1.79. The summed E-state index contributed by atoms with van der Waals surface area (Å²) in [4.78, 5) is 35.1. The van der Waals surface area contributed by atoms with Crippen LogP contribution in [-0.2, 0) is 5.75 Å². The number of rotatable bonds is 4. The van der Waals surface area contributed by atoms with Crippen LogP contribution >= 0.6 is 23.1 Å². The number of fused-ring (bicyclic) bond motifs is 1. The maximum Gasteiger partial charge on any atom is 0.284 e. The lowest BCUT2D eigenvalue weighted by atomic mass is 10.1. The van der Waals surface area contributed by atoms with Crippen molar-refractivity contribution in [2.45, 2.75) is 17.8 Å². The molecule has 4 aromatic rings. The standard InChI is InChI=1S/C18H12F2N4O2S2/c1-9-4-11(19)3-2-10(9)7-27-18-23-15-14(28-8-22-15)17(26)24(18)12-5-13(20)16(25)21-6-12/h2-6,8H,7H2,1H3,(H,21,25). The lowest BCUT2D eigenvalue weighted by Crippen LogP contribution is -2.23. The normalized spacial score (nSPS) is 11.2. The first-order valence-electron chi connectivity index (χ1n) is 8.06. The zero-order valence-corrected chi connectivity index (χ0v) is 16.0. The van der Waals surface area contributed by atoms with E-state index < -0.39 is 16.9 Å². The fraction of sp³-hybridized carbons (Fsp3) is 0.111. The third kappa shape index (κ3) is 3.36. The first-order valence-corrected chi connectivity index (χ1v) is 9.93. The zero-order valence-electron chi connectivity index (χ0n) is 14.4. The van der Waals surface area contributed by atoms with Crippen molar-refractivity contribution in [1.29, 1.82) is 0 Å². The molecule has 0 unspecified atom stereocenters. The van der Waals surface area contributed by atoms with Crippen LogP contribution in [0.1, 0.15) is 11.1 Å². The van der Waals surface area contributed by atoms with Crippen LogP contribution in [0.15, 0.2) is 50.7 Å². The number of nitrogens with zero attached hydrogens (tertiary/aromatic N) is 3. The highest BCUT2D eigenvalue weighted by molar-refractivity contribution is 7.98. The van der Waals surface area contributed by atoms with Crippen molar-refractivity contribution in [2.75, 3.05) is 0 Å². The largest absolute Gasteiger partial charge is 0.324 e. The highest BCUT2D eigenvalue weighted by Crippen LogP contribution is 2.26. The van der Waals surface area contributed by atoms with Crippen LogP contribution in [-0.4, -0.2) is 19.5 Å². The van der Waals surface area contributed by atoms with Gasteiger partial charge in [0.2, 0.25) is 0 Å². The van der Waals surface area contributed by atoms with E-state index in [0.29, 0.717) is 21.3 Å². The minimum Gasteiger partial charge on any atom is -0.324 e. The molecule has 1 aromatic carbocycles. The van der Waals surface area contributed by atoms with Crippen molar-refractivity contribution >= 4 is 33.4 Å². The number of hydrogen-bond acceptors (Lipinski definition) is 6. The molecule has 28 heavy (non-hydrogen) atoms. The third-order valence-corrected chi connectivity index (χ3v) is 5.89. The van der Waals surface area contributed by atoms with Crippen LogP contribution in [0.2, 0.25) is 0 Å². The molecule has 0 radical (unpaired) electrons. The lowest BCUT2D eigenvalue weighted by Gasteiger charge is -2.12. The van der Waals surface area contributed by atoms with Crippen LogP contribution in [0.3, 0.4) is 0 Å². The number of aromatic nitrogens is 4. The Hall–Kier alpha value is -2.85. The van der Waals surface area contributed by atoms with Crippen LogP contribution in [0.25, 0.3) is 16.0 Å². The van der Waals surface area contributed by atoms with E-state index in [1.807, 2.05) is 0 Å². The Kier molecular flexibility index (Phi) is 4.82. The predicted molar refractivity (Wildman–Crippen MR) is 104 cm³/mol. The first-order chi connectivity index (χ1) is 13.4. The van der Waals surface area contributed by atoms with E-state index in [9.17, 15) is 18.4 Å². The smallest absolute Gasteiger partial charge is 0.284 e. The van der Waals surface area contributed by atoms with E-state index in [0.717, 1.165) is 28.5 Å². The molecule has 3 aromatic heterocycles. The molecule has 0 aliphatic carbocycles. The fourth-order valence-corrected chi connectivity index (χ4v) is 4.39. The number of hydrogen-bond donors (Lipinski definition) is 1. The molecule has 0 bridgehead atoms. The number of benzene rings is 1. The Morgan fingerprint density at radius 1 is 1.25 bits per heavy atom. The van der Waals surface area contributed by atoms with Crippen molar-refractivity contribution in [1.82, 2.24) is 19.5 Å². The van der Waals surface area contributed by atoms with E-state index in [1.54, 1.807) is 13.0 Å². The zero-order chi connectivity index (χ0) is 19.8. The van der Waals surface area contributed by atoms with E-state index in [-0.39, 0.29) is 11.5 Å². The Labute approximate surface area is 164 Å². The second-order valence-electron chi connectivity index (χ2n) is 5.93. The summed E-state index contributed by atoms with van der Waals surface area (Å²) in [6.07, 6.45) is 1.26. The number of aromatic amines is 1. The van der Waals surface area contributed by atoms with E-state index in [2.05, 4.69) is 15.0 Å². The molecule has 3 heterocycles. The van der Waals surface area contributed by atoms with Gasteiger partial charge in [0.25, 0.3) is 11.1 Å². The second-order valence-corrected chi connectivity index (χ2v) is 7.73. The molecule has 0 saturated heterocycles. The number of pyridine rings is 1. The number of halogens is 2. The van der Waals surface area contributed by atoms with Gasteiger partial charge >= 0.3 is 0 Å². The Morgan fingerprint density at radius 2 is 2.07 bits per heavy atom. The molecule has 142 valence electrons. The summed E-state index contributed by atoms with van der Waals surface area (Å²) < 4.78 is 28.7. The summed E-state index contributed by atoms with van der Waals surface area (Å²) in [5.41, 5.74) is 2.33. The summed E-state index contributed by atoms with van der Waals surface area (Å²) in [7, 11) is 0. The van der Waals surface area contributed by atoms with Gasteiger partial charge in [0.05, 0.1) is 11.2 Å². The number of thioether (sulfide) groups is 1. The molecule has 0 amide bonds. The topological polar surface area (TPSA) is 80.6 Å². The summed E-state index contributed by atoms with van der Waals surface area (Å²) >= 11 is 2.37. The first kappa shape index (κ1) is 18.5. The molecule has 0 aliphatic rings. The maximum absolute atomic E-state index is 13.8. The van der Waals surface area contributed by atoms with Gasteiger partial charge in [-0.2, -0.15) is 0 Å². The van der Waals surface area contributed by atoms with Gasteiger partial charge < -0.3 is 4.98 Å². The maximum atomic E-state index is 13.8. The van der Waals surface area contributed by atoms with Gasteiger partial charge in [-0.25, -0.2) is 18.7 Å². The van der Waals surface area contributed by atoms with Crippen molar-refractivity contribution in [3.8, 4) is 5.69 Å². The van der Waals surface area contributed by atoms with Gasteiger partial charge in [0.15, 0.2) is 16.6 Å². The molecular formula is C18H12F2N4O2S2.